The van der Waals surface area contributed by atoms with Gasteiger partial charge in [-0.05, 0) is 29.8 Å². The van der Waals surface area contributed by atoms with Gasteiger partial charge in [0.2, 0.25) is 5.43 Å². The van der Waals surface area contributed by atoms with E-state index < -0.39 is 17.1 Å². The van der Waals surface area contributed by atoms with E-state index in [0.29, 0.717) is 0 Å². The Morgan fingerprint density at radius 2 is 1.64 bits per heavy atom. The van der Waals surface area contributed by atoms with Crippen molar-refractivity contribution in [2.24, 2.45) is 5.92 Å². The van der Waals surface area contributed by atoms with E-state index in [0.717, 1.165) is 0 Å². The van der Waals surface area contributed by atoms with Crippen LogP contribution in [0.3, 0.4) is 0 Å². The van der Waals surface area contributed by atoms with Gasteiger partial charge >= 0.3 is 5.97 Å². The third kappa shape index (κ3) is 3.92. The third-order valence-corrected chi connectivity index (χ3v) is 6.51. The number of hydrogen-bond acceptors (Lipinski definition) is 7. The number of aromatic hydroxyl groups is 1. The molecule has 4 rings (SSSR count). The van der Waals surface area contributed by atoms with Crippen LogP contribution in [0.4, 0.5) is 0 Å². The maximum atomic E-state index is 12.8. The second-order valence-electron chi connectivity index (χ2n) is 8.28. The lowest BCUT2D eigenvalue weighted by molar-refractivity contribution is 0.0697. The quantitative estimate of drug-likeness (QED) is 0.225. The number of halogens is 2. The van der Waals surface area contributed by atoms with E-state index in [1.165, 1.54) is 44.6 Å². The Balaban J connectivity index is 2.31. The first-order valence-corrected chi connectivity index (χ1v) is 11.4. The number of rotatable bonds is 6. The Labute approximate surface area is 214 Å². The number of fused-ring (bicyclic) bond motifs is 2. The number of carbonyl (C=O) groups excluding carboxylic acids is 1. The minimum absolute atomic E-state index is 0.00640. The first-order valence-electron chi connectivity index (χ1n) is 10.7. The Morgan fingerprint density at radius 1 is 0.972 bits per heavy atom. The summed E-state index contributed by atoms with van der Waals surface area (Å²) in [5.74, 6) is -2.45. The van der Waals surface area contributed by atoms with Crippen molar-refractivity contribution in [1.29, 1.82) is 0 Å². The molecular weight excluding hydrogens is 511 g/mol. The van der Waals surface area contributed by atoms with Crippen LogP contribution < -0.4 is 14.9 Å². The zero-order valence-corrected chi connectivity index (χ0v) is 21.1. The topological polar surface area (TPSA) is 123 Å². The van der Waals surface area contributed by atoms with Crippen molar-refractivity contribution >= 4 is 45.9 Å². The molecule has 0 radical (unpaired) electrons. The predicted molar refractivity (Wildman–Crippen MR) is 135 cm³/mol. The Hall–Kier alpha value is -3.75. The molecule has 0 unspecified atom stereocenters. The van der Waals surface area contributed by atoms with Gasteiger partial charge in [0.05, 0.1) is 19.8 Å². The fraction of sp³-hybridized carbons (Fsp3) is 0.192. The summed E-state index contributed by atoms with van der Waals surface area (Å²) in [7, 11) is 2.61. The summed E-state index contributed by atoms with van der Waals surface area (Å²) in [6, 6.07) is 7.02. The lowest BCUT2D eigenvalue weighted by atomic mass is 9.88. The van der Waals surface area contributed by atoms with Crippen LogP contribution in [0.2, 0.25) is 10.0 Å². The molecule has 8 nitrogen and oxygen atoms in total. The molecular formula is C26H20Cl2O8. The van der Waals surface area contributed by atoms with Gasteiger partial charge in [0.25, 0.3) is 0 Å². The summed E-state index contributed by atoms with van der Waals surface area (Å²) in [6.07, 6.45) is 0. The number of hydrogen-bond donors (Lipinski definition) is 2. The van der Waals surface area contributed by atoms with Crippen LogP contribution >= 0.6 is 23.2 Å². The molecule has 0 bridgehead atoms. The number of carbonyl (C=O) groups is 2. The number of carboxylic acid groups (broad SMARTS) is 1. The number of aromatic carboxylic acids is 1. The molecule has 0 fully saturated rings. The van der Waals surface area contributed by atoms with Gasteiger partial charge in [-0.25, -0.2) is 4.79 Å². The lowest BCUT2D eigenvalue weighted by Crippen LogP contribution is -2.11. The van der Waals surface area contributed by atoms with Gasteiger partial charge in [0.1, 0.15) is 10.0 Å². The van der Waals surface area contributed by atoms with Crippen LogP contribution in [0.5, 0.6) is 17.2 Å². The first kappa shape index (κ1) is 25.3. The molecule has 0 atom stereocenters. The highest BCUT2D eigenvalue weighted by molar-refractivity contribution is 6.38. The fourth-order valence-electron chi connectivity index (χ4n) is 4.03. The zero-order chi connectivity index (χ0) is 26.5. The molecule has 0 saturated heterocycles. The Bertz CT molecular complexity index is 1590. The van der Waals surface area contributed by atoms with Crippen molar-refractivity contribution in [2.45, 2.75) is 13.8 Å². The lowest BCUT2D eigenvalue weighted by Gasteiger charge is -2.20. The van der Waals surface area contributed by atoms with Crippen molar-refractivity contribution in [2.75, 3.05) is 14.2 Å². The number of ether oxygens (including phenoxy) is 2. The molecule has 0 aromatic heterocycles. The highest BCUT2D eigenvalue weighted by Crippen LogP contribution is 2.50. The van der Waals surface area contributed by atoms with Crippen LogP contribution in [0.15, 0.2) is 39.5 Å². The SMILES string of the molecule is COc1cc2c(-c3cc(C(=O)C(C)C)ccc3C(=O)O)c3cc(OC)c(=O)c(Cl)c-3oc2c(Cl)c1O. The molecule has 0 spiro atoms. The summed E-state index contributed by atoms with van der Waals surface area (Å²) >= 11 is 12.8. The van der Waals surface area contributed by atoms with Crippen LogP contribution in [0.1, 0.15) is 34.6 Å². The van der Waals surface area contributed by atoms with Gasteiger partial charge < -0.3 is 24.1 Å². The molecule has 1 aliphatic heterocycles. The van der Waals surface area contributed by atoms with Crippen molar-refractivity contribution in [3.63, 3.8) is 0 Å². The monoisotopic (exact) mass is 530 g/mol. The third-order valence-electron chi connectivity index (χ3n) is 5.81. The maximum Gasteiger partial charge on any atom is 0.336 e. The van der Waals surface area contributed by atoms with Crippen LogP contribution in [-0.4, -0.2) is 36.2 Å². The molecule has 0 amide bonds. The van der Waals surface area contributed by atoms with Gasteiger partial charge in [0, 0.05) is 28.0 Å². The van der Waals surface area contributed by atoms with Gasteiger partial charge in [-0.2, -0.15) is 0 Å². The average molecular weight is 531 g/mol. The minimum atomic E-state index is -1.26. The standard InChI is InChI=1S/C26H20Cl2O8/c1-10(2)21(29)11-5-6-12(26(32)33)13(7-11)18-14-8-16(34-3)22(30)19(27)24(14)36-25-15(18)9-17(35-4)23(31)20(25)28/h5-10,30H,1-4H3,(H,32,33). The van der Waals surface area contributed by atoms with E-state index in [9.17, 15) is 24.6 Å². The van der Waals surface area contributed by atoms with Gasteiger partial charge in [0.15, 0.2) is 34.4 Å². The maximum absolute atomic E-state index is 12.8. The highest BCUT2D eigenvalue weighted by Gasteiger charge is 2.29. The molecule has 2 aromatic carbocycles. The van der Waals surface area contributed by atoms with E-state index in [2.05, 4.69) is 0 Å². The van der Waals surface area contributed by atoms with Crippen molar-refractivity contribution in [3.05, 3.63) is 61.7 Å². The number of carboxylic acids is 1. The van der Waals surface area contributed by atoms with Gasteiger partial charge in [-0.3, -0.25) is 9.59 Å². The largest absolute Gasteiger partial charge is 0.503 e. The molecule has 2 aromatic rings. The van der Waals surface area contributed by atoms with E-state index in [-0.39, 0.29) is 77.8 Å². The Morgan fingerprint density at radius 3 is 2.22 bits per heavy atom. The first-order chi connectivity index (χ1) is 17.0. The summed E-state index contributed by atoms with van der Waals surface area (Å²) in [6.45, 7) is 3.46. The zero-order valence-electron chi connectivity index (χ0n) is 19.6. The molecule has 186 valence electrons. The average Bonchev–Trinajstić information content (AvgIpc) is 2.86. The van der Waals surface area contributed by atoms with Crippen molar-refractivity contribution in [3.8, 4) is 39.7 Å². The van der Waals surface area contributed by atoms with Crippen molar-refractivity contribution < 1.29 is 33.7 Å². The smallest absolute Gasteiger partial charge is 0.336 e. The molecule has 2 aliphatic rings. The molecule has 10 heteroatoms. The molecule has 2 N–H and O–H groups in total. The second-order valence-corrected chi connectivity index (χ2v) is 9.03. The second kappa shape index (κ2) is 9.37. The predicted octanol–water partition coefficient (Wildman–Crippen LogP) is 6.13. The van der Waals surface area contributed by atoms with E-state index in [1.54, 1.807) is 13.8 Å². The molecule has 1 heterocycles. The van der Waals surface area contributed by atoms with E-state index in [1.807, 2.05) is 0 Å². The number of phenolic OH excluding ortho intramolecular Hbond substituents is 1. The Kier molecular flexibility index (Phi) is 6.60. The van der Waals surface area contributed by atoms with Crippen LogP contribution in [0.25, 0.3) is 33.4 Å². The summed E-state index contributed by atoms with van der Waals surface area (Å²) in [4.78, 5) is 37.8. The fourth-order valence-corrected chi connectivity index (χ4v) is 4.50. The minimum Gasteiger partial charge on any atom is -0.503 e. The molecule has 36 heavy (non-hydrogen) atoms. The molecule has 0 saturated carbocycles. The van der Waals surface area contributed by atoms with Crippen molar-refractivity contribution in [1.82, 2.24) is 0 Å². The van der Waals surface area contributed by atoms with E-state index >= 15 is 0 Å². The van der Waals surface area contributed by atoms with Crippen LogP contribution in [0, 0.1) is 5.92 Å². The van der Waals surface area contributed by atoms with Crippen LogP contribution in [-0.2, 0) is 0 Å². The van der Waals surface area contributed by atoms with Gasteiger partial charge in [-0.1, -0.05) is 43.1 Å². The molecule has 1 aliphatic carbocycles. The number of benzene rings is 3. The normalized spacial score (nSPS) is 11.3. The summed E-state index contributed by atoms with van der Waals surface area (Å²) in [5.41, 5.74) is 0.0286. The summed E-state index contributed by atoms with van der Waals surface area (Å²) < 4.78 is 16.3. The number of phenols is 1. The summed E-state index contributed by atoms with van der Waals surface area (Å²) in [5, 5.41) is 20.2. The van der Waals surface area contributed by atoms with Gasteiger partial charge in [-0.15, -0.1) is 0 Å². The number of Topliss-reactive ketones (excluding diaryl/α,β-unsaturated/α-hetero) is 1. The highest BCUT2D eigenvalue weighted by atomic mass is 35.5. The number of methoxy groups -OCH3 is 2. The van der Waals surface area contributed by atoms with E-state index in [4.69, 9.17) is 37.1 Å². The number of ketones is 1.